The number of aryl methyl sites for hydroxylation is 1. The van der Waals surface area contributed by atoms with Crippen LogP contribution in [0, 0.1) is 6.92 Å². The van der Waals surface area contributed by atoms with Gasteiger partial charge in [-0.1, -0.05) is 35.9 Å². The van der Waals surface area contributed by atoms with Gasteiger partial charge in [0.25, 0.3) is 0 Å². The lowest BCUT2D eigenvalue weighted by Gasteiger charge is -2.31. The molecule has 0 aromatic heterocycles. The van der Waals surface area contributed by atoms with Crippen LogP contribution < -0.4 is 10.2 Å². The molecule has 2 aromatic rings. The summed E-state index contributed by atoms with van der Waals surface area (Å²) in [6, 6.07) is 17.5. The van der Waals surface area contributed by atoms with Crippen molar-refractivity contribution in [2.24, 2.45) is 0 Å². The molecule has 2 heteroatoms. The Morgan fingerprint density at radius 1 is 1.10 bits per heavy atom. The predicted octanol–water partition coefficient (Wildman–Crippen LogP) is 4.03. The smallest absolute Gasteiger partial charge is 0.0376 e. The number of likely N-dealkylation sites (N-methyl/N-ethyl adjacent to an activating group) is 1. The quantitative estimate of drug-likeness (QED) is 0.902. The average Bonchev–Trinajstić information content (AvgIpc) is 2.48. The lowest BCUT2D eigenvalue weighted by Crippen LogP contribution is -2.28. The molecule has 104 valence electrons. The molecule has 0 bridgehead atoms. The molecule has 1 atom stereocenters. The second-order valence-corrected chi connectivity index (χ2v) is 5.72. The van der Waals surface area contributed by atoms with Crippen LogP contribution in [0.5, 0.6) is 0 Å². The number of rotatable bonds is 3. The lowest BCUT2D eigenvalue weighted by atomic mass is 9.90. The van der Waals surface area contributed by atoms with E-state index >= 15 is 0 Å². The summed E-state index contributed by atoms with van der Waals surface area (Å²) < 4.78 is 0. The van der Waals surface area contributed by atoms with Crippen LogP contribution in [0.15, 0.2) is 48.5 Å². The van der Waals surface area contributed by atoms with Crippen LogP contribution in [0.2, 0.25) is 0 Å². The Morgan fingerprint density at radius 3 is 2.65 bits per heavy atom. The topological polar surface area (TPSA) is 15.3 Å². The number of fused-ring (bicyclic) bond motifs is 1. The molecule has 0 spiro atoms. The minimum atomic E-state index is 0.610. The van der Waals surface area contributed by atoms with Crippen LogP contribution in [0.3, 0.4) is 0 Å². The summed E-state index contributed by atoms with van der Waals surface area (Å²) in [6.07, 6.45) is 1.20. The maximum atomic E-state index is 3.49. The van der Waals surface area contributed by atoms with Crippen molar-refractivity contribution in [2.75, 3.05) is 30.4 Å². The third kappa shape index (κ3) is 2.64. The molecule has 0 saturated heterocycles. The van der Waals surface area contributed by atoms with E-state index in [9.17, 15) is 0 Å². The van der Waals surface area contributed by atoms with Crippen LogP contribution in [-0.2, 0) is 0 Å². The molecule has 3 rings (SSSR count). The summed E-state index contributed by atoms with van der Waals surface area (Å²) >= 11 is 0. The third-order valence-electron chi connectivity index (χ3n) is 4.18. The van der Waals surface area contributed by atoms with Gasteiger partial charge in [-0.15, -0.1) is 0 Å². The SMILES string of the molecule is Cc1ccc(N(C)CC2CCNc3ccccc32)cc1. The standard InChI is InChI=1S/C18H22N2/c1-14-7-9-16(10-8-14)20(2)13-15-11-12-19-18-6-4-3-5-17(15)18/h3-10,15,19H,11-13H2,1-2H3. The highest BCUT2D eigenvalue weighted by Gasteiger charge is 2.20. The summed E-state index contributed by atoms with van der Waals surface area (Å²) in [7, 11) is 2.19. The maximum absolute atomic E-state index is 3.49. The van der Waals surface area contributed by atoms with E-state index in [1.807, 2.05) is 0 Å². The lowest BCUT2D eigenvalue weighted by molar-refractivity contribution is 0.619. The van der Waals surface area contributed by atoms with E-state index in [1.54, 1.807) is 0 Å². The minimum Gasteiger partial charge on any atom is -0.385 e. The fourth-order valence-corrected chi connectivity index (χ4v) is 2.98. The largest absolute Gasteiger partial charge is 0.385 e. The van der Waals surface area contributed by atoms with E-state index < -0.39 is 0 Å². The Morgan fingerprint density at radius 2 is 1.85 bits per heavy atom. The molecule has 1 heterocycles. The first-order valence-corrected chi connectivity index (χ1v) is 7.34. The molecule has 2 nitrogen and oxygen atoms in total. The zero-order chi connectivity index (χ0) is 13.9. The number of hydrogen-bond acceptors (Lipinski definition) is 2. The van der Waals surface area contributed by atoms with E-state index in [1.165, 1.54) is 28.9 Å². The Kier molecular flexibility index (Phi) is 3.64. The summed E-state index contributed by atoms with van der Waals surface area (Å²) in [4.78, 5) is 2.37. The van der Waals surface area contributed by atoms with Gasteiger partial charge in [0.15, 0.2) is 0 Å². The van der Waals surface area contributed by atoms with Crippen LogP contribution in [-0.4, -0.2) is 20.1 Å². The third-order valence-corrected chi connectivity index (χ3v) is 4.18. The van der Waals surface area contributed by atoms with Gasteiger partial charge in [0.1, 0.15) is 0 Å². The predicted molar refractivity (Wildman–Crippen MR) is 86.7 cm³/mol. The van der Waals surface area contributed by atoms with Crippen LogP contribution in [0.1, 0.15) is 23.5 Å². The van der Waals surface area contributed by atoms with Crippen LogP contribution >= 0.6 is 0 Å². The molecule has 0 fully saturated rings. The van der Waals surface area contributed by atoms with E-state index in [-0.39, 0.29) is 0 Å². The molecule has 0 aliphatic carbocycles. The highest BCUT2D eigenvalue weighted by Crippen LogP contribution is 2.32. The highest BCUT2D eigenvalue weighted by atomic mass is 15.1. The summed E-state index contributed by atoms with van der Waals surface area (Å²) in [6.45, 7) is 4.28. The molecule has 20 heavy (non-hydrogen) atoms. The fourth-order valence-electron chi connectivity index (χ4n) is 2.98. The number of nitrogens with one attached hydrogen (secondary N) is 1. The fraction of sp³-hybridized carbons (Fsp3) is 0.333. The second-order valence-electron chi connectivity index (χ2n) is 5.72. The number of para-hydroxylation sites is 1. The zero-order valence-corrected chi connectivity index (χ0v) is 12.3. The molecule has 1 aliphatic heterocycles. The number of benzene rings is 2. The Bertz CT molecular complexity index is 574. The molecule has 0 amide bonds. The van der Waals surface area contributed by atoms with E-state index in [4.69, 9.17) is 0 Å². The molecule has 0 radical (unpaired) electrons. The van der Waals surface area contributed by atoms with Crippen molar-refractivity contribution in [3.63, 3.8) is 0 Å². The first kappa shape index (κ1) is 13.0. The highest BCUT2D eigenvalue weighted by molar-refractivity contribution is 5.56. The van der Waals surface area contributed by atoms with E-state index in [0.717, 1.165) is 13.1 Å². The Balaban J connectivity index is 1.77. The Hall–Kier alpha value is -1.96. The number of nitrogens with zero attached hydrogens (tertiary/aromatic N) is 1. The van der Waals surface area contributed by atoms with Gasteiger partial charge in [-0.25, -0.2) is 0 Å². The first-order valence-electron chi connectivity index (χ1n) is 7.34. The van der Waals surface area contributed by atoms with E-state index in [2.05, 4.69) is 72.7 Å². The van der Waals surface area contributed by atoms with Crippen molar-refractivity contribution >= 4 is 11.4 Å². The van der Waals surface area contributed by atoms with Gasteiger partial charge in [-0.2, -0.15) is 0 Å². The molecule has 1 N–H and O–H groups in total. The van der Waals surface area contributed by atoms with Crippen molar-refractivity contribution in [2.45, 2.75) is 19.3 Å². The van der Waals surface area contributed by atoms with Crippen LogP contribution in [0.4, 0.5) is 11.4 Å². The van der Waals surface area contributed by atoms with Gasteiger partial charge in [0.2, 0.25) is 0 Å². The molecule has 1 aliphatic rings. The molecule has 2 aromatic carbocycles. The van der Waals surface area contributed by atoms with Crippen molar-refractivity contribution < 1.29 is 0 Å². The first-order chi connectivity index (χ1) is 9.74. The van der Waals surface area contributed by atoms with E-state index in [0.29, 0.717) is 5.92 Å². The summed E-state index contributed by atoms with van der Waals surface area (Å²) in [5.41, 5.74) is 5.37. The van der Waals surface area contributed by atoms with Crippen molar-refractivity contribution in [3.05, 3.63) is 59.7 Å². The minimum absolute atomic E-state index is 0.610. The van der Waals surface area contributed by atoms with Crippen molar-refractivity contribution in [3.8, 4) is 0 Å². The van der Waals surface area contributed by atoms with Gasteiger partial charge < -0.3 is 10.2 Å². The van der Waals surface area contributed by atoms with Gasteiger partial charge >= 0.3 is 0 Å². The number of anilines is 2. The average molecular weight is 266 g/mol. The molecular weight excluding hydrogens is 244 g/mol. The maximum Gasteiger partial charge on any atom is 0.0376 e. The normalized spacial score (nSPS) is 17.2. The molecular formula is C18H22N2. The monoisotopic (exact) mass is 266 g/mol. The van der Waals surface area contributed by atoms with Crippen molar-refractivity contribution in [1.82, 2.24) is 0 Å². The van der Waals surface area contributed by atoms with Gasteiger partial charge in [0, 0.05) is 37.4 Å². The summed E-state index contributed by atoms with van der Waals surface area (Å²) in [5, 5.41) is 3.49. The summed E-state index contributed by atoms with van der Waals surface area (Å²) in [5.74, 6) is 0.610. The van der Waals surface area contributed by atoms with Gasteiger partial charge in [-0.05, 0) is 37.1 Å². The molecule has 0 saturated carbocycles. The zero-order valence-electron chi connectivity index (χ0n) is 12.3. The van der Waals surface area contributed by atoms with Gasteiger partial charge in [0.05, 0.1) is 0 Å². The Labute approximate surface area is 121 Å². The second kappa shape index (κ2) is 5.58. The van der Waals surface area contributed by atoms with Gasteiger partial charge in [-0.3, -0.25) is 0 Å². The van der Waals surface area contributed by atoms with Crippen LogP contribution in [0.25, 0.3) is 0 Å². The number of hydrogen-bond donors (Lipinski definition) is 1. The van der Waals surface area contributed by atoms with Crippen molar-refractivity contribution in [1.29, 1.82) is 0 Å². The molecule has 1 unspecified atom stereocenters.